The SMILES string of the molecule is CCc1ccccc1CNc1cc(I)ccc1Br. The Labute approximate surface area is 130 Å². The predicted octanol–water partition coefficient (Wildman–Crippen LogP) is 5.23. The van der Waals surface area contributed by atoms with Crippen LogP contribution in [0.2, 0.25) is 0 Å². The molecule has 18 heavy (non-hydrogen) atoms. The average Bonchev–Trinajstić information content (AvgIpc) is 2.40. The van der Waals surface area contributed by atoms with Gasteiger partial charge in [0.2, 0.25) is 0 Å². The van der Waals surface area contributed by atoms with Crippen molar-refractivity contribution in [3.05, 3.63) is 61.6 Å². The van der Waals surface area contributed by atoms with E-state index >= 15 is 0 Å². The summed E-state index contributed by atoms with van der Waals surface area (Å²) in [6.07, 6.45) is 1.07. The molecule has 0 heterocycles. The molecule has 0 radical (unpaired) electrons. The van der Waals surface area contributed by atoms with E-state index in [-0.39, 0.29) is 0 Å². The van der Waals surface area contributed by atoms with Crippen LogP contribution in [0.25, 0.3) is 0 Å². The third-order valence-electron chi connectivity index (χ3n) is 2.90. The zero-order chi connectivity index (χ0) is 13.0. The van der Waals surface area contributed by atoms with Gasteiger partial charge in [-0.25, -0.2) is 0 Å². The molecular formula is C15H15BrIN. The Morgan fingerprint density at radius 2 is 1.83 bits per heavy atom. The molecule has 1 N–H and O–H groups in total. The summed E-state index contributed by atoms with van der Waals surface area (Å²) in [5, 5.41) is 3.49. The van der Waals surface area contributed by atoms with Crippen molar-refractivity contribution in [2.75, 3.05) is 5.32 Å². The summed E-state index contributed by atoms with van der Waals surface area (Å²) in [5.74, 6) is 0. The van der Waals surface area contributed by atoms with E-state index in [1.165, 1.54) is 14.7 Å². The molecule has 0 fully saturated rings. The van der Waals surface area contributed by atoms with Gasteiger partial charge in [0.05, 0.1) is 0 Å². The zero-order valence-corrected chi connectivity index (χ0v) is 14.0. The molecule has 0 spiro atoms. The monoisotopic (exact) mass is 415 g/mol. The van der Waals surface area contributed by atoms with Gasteiger partial charge in [0.1, 0.15) is 0 Å². The Morgan fingerprint density at radius 1 is 1.11 bits per heavy atom. The summed E-state index contributed by atoms with van der Waals surface area (Å²) in [4.78, 5) is 0. The van der Waals surface area contributed by atoms with Crippen LogP contribution in [-0.4, -0.2) is 0 Å². The third kappa shape index (κ3) is 3.48. The van der Waals surface area contributed by atoms with Crippen molar-refractivity contribution >= 4 is 44.2 Å². The molecule has 0 aliphatic heterocycles. The molecule has 2 rings (SSSR count). The van der Waals surface area contributed by atoms with Crippen molar-refractivity contribution in [1.82, 2.24) is 0 Å². The summed E-state index contributed by atoms with van der Waals surface area (Å²) >= 11 is 5.90. The van der Waals surface area contributed by atoms with Crippen LogP contribution in [0, 0.1) is 3.57 Å². The summed E-state index contributed by atoms with van der Waals surface area (Å²) in [5.41, 5.74) is 3.92. The number of hydrogen-bond donors (Lipinski definition) is 1. The zero-order valence-electron chi connectivity index (χ0n) is 10.2. The smallest absolute Gasteiger partial charge is 0.0497 e. The van der Waals surface area contributed by atoms with Crippen molar-refractivity contribution in [3.8, 4) is 0 Å². The van der Waals surface area contributed by atoms with E-state index in [1.54, 1.807) is 0 Å². The molecule has 3 heteroatoms. The summed E-state index contributed by atoms with van der Waals surface area (Å²) < 4.78 is 2.35. The summed E-state index contributed by atoms with van der Waals surface area (Å²) in [7, 11) is 0. The molecule has 0 amide bonds. The molecule has 0 saturated heterocycles. The van der Waals surface area contributed by atoms with Gasteiger partial charge in [0.15, 0.2) is 0 Å². The molecule has 2 aromatic rings. The third-order valence-corrected chi connectivity index (χ3v) is 4.26. The lowest BCUT2D eigenvalue weighted by atomic mass is 10.1. The molecular weight excluding hydrogens is 401 g/mol. The Kier molecular flexibility index (Phi) is 5.06. The van der Waals surface area contributed by atoms with Gasteiger partial charge in [-0.2, -0.15) is 0 Å². The Bertz CT molecular complexity index is 540. The summed E-state index contributed by atoms with van der Waals surface area (Å²) in [6, 6.07) is 14.9. The fourth-order valence-corrected chi connectivity index (χ4v) is 2.78. The minimum absolute atomic E-state index is 0.864. The van der Waals surface area contributed by atoms with Crippen molar-refractivity contribution in [3.63, 3.8) is 0 Å². The second-order valence-corrected chi connectivity index (χ2v) is 6.20. The van der Waals surface area contributed by atoms with Crippen LogP contribution in [0.5, 0.6) is 0 Å². The number of anilines is 1. The van der Waals surface area contributed by atoms with Crippen LogP contribution >= 0.6 is 38.5 Å². The average molecular weight is 416 g/mol. The second-order valence-electron chi connectivity index (χ2n) is 4.10. The van der Waals surface area contributed by atoms with E-state index in [0.29, 0.717) is 0 Å². The lowest BCUT2D eigenvalue weighted by Crippen LogP contribution is -2.03. The molecule has 0 aliphatic carbocycles. The maximum atomic E-state index is 3.57. The van der Waals surface area contributed by atoms with E-state index in [0.717, 1.165) is 23.1 Å². The highest BCUT2D eigenvalue weighted by atomic mass is 127. The number of benzene rings is 2. The fourth-order valence-electron chi connectivity index (χ4n) is 1.90. The number of nitrogens with one attached hydrogen (secondary N) is 1. The first-order valence-electron chi connectivity index (χ1n) is 5.96. The number of hydrogen-bond acceptors (Lipinski definition) is 1. The number of halogens is 2. The van der Waals surface area contributed by atoms with Gasteiger partial charge in [0.25, 0.3) is 0 Å². The standard InChI is InChI=1S/C15H15BrIN/c1-2-11-5-3-4-6-12(11)10-18-15-9-13(17)7-8-14(15)16/h3-9,18H,2,10H2,1H3. The topological polar surface area (TPSA) is 12.0 Å². The fraction of sp³-hybridized carbons (Fsp3) is 0.200. The highest BCUT2D eigenvalue weighted by molar-refractivity contribution is 14.1. The molecule has 2 aromatic carbocycles. The van der Waals surface area contributed by atoms with Gasteiger partial charge in [-0.05, 0) is 74.3 Å². The quantitative estimate of drug-likeness (QED) is 0.674. The molecule has 0 saturated carbocycles. The van der Waals surface area contributed by atoms with Gasteiger partial charge in [-0.3, -0.25) is 0 Å². The molecule has 0 atom stereocenters. The van der Waals surface area contributed by atoms with Crippen molar-refractivity contribution in [1.29, 1.82) is 0 Å². The van der Waals surface area contributed by atoms with Gasteiger partial charge in [-0.15, -0.1) is 0 Å². The lowest BCUT2D eigenvalue weighted by molar-refractivity contribution is 1.04. The van der Waals surface area contributed by atoms with E-state index in [2.05, 4.69) is 93.2 Å². The van der Waals surface area contributed by atoms with Gasteiger partial charge in [0, 0.05) is 20.3 Å². The minimum Gasteiger partial charge on any atom is -0.380 e. The van der Waals surface area contributed by atoms with Crippen molar-refractivity contribution in [2.24, 2.45) is 0 Å². The lowest BCUT2D eigenvalue weighted by Gasteiger charge is -2.12. The van der Waals surface area contributed by atoms with Gasteiger partial charge < -0.3 is 5.32 Å². The summed E-state index contributed by atoms with van der Waals surface area (Å²) in [6.45, 7) is 3.06. The molecule has 0 unspecified atom stereocenters. The molecule has 0 bridgehead atoms. The molecule has 94 valence electrons. The van der Waals surface area contributed by atoms with Crippen molar-refractivity contribution < 1.29 is 0 Å². The Hall–Kier alpha value is -0.550. The Balaban J connectivity index is 2.14. The van der Waals surface area contributed by atoms with E-state index in [9.17, 15) is 0 Å². The van der Waals surface area contributed by atoms with E-state index in [1.807, 2.05) is 0 Å². The van der Waals surface area contributed by atoms with E-state index in [4.69, 9.17) is 0 Å². The minimum atomic E-state index is 0.864. The molecule has 0 aromatic heterocycles. The van der Waals surface area contributed by atoms with Gasteiger partial charge >= 0.3 is 0 Å². The van der Waals surface area contributed by atoms with E-state index < -0.39 is 0 Å². The van der Waals surface area contributed by atoms with Crippen LogP contribution < -0.4 is 5.32 Å². The first kappa shape index (κ1) is 13.9. The normalized spacial score (nSPS) is 10.4. The highest BCUT2D eigenvalue weighted by Gasteiger charge is 2.03. The molecule has 1 nitrogen and oxygen atoms in total. The maximum Gasteiger partial charge on any atom is 0.0497 e. The van der Waals surface area contributed by atoms with Crippen molar-refractivity contribution in [2.45, 2.75) is 19.9 Å². The van der Waals surface area contributed by atoms with Crippen LogP contribution in [0.15, 0.2) is 46.9 Å². The second kappa shape index (κ2) is 6.57. The number of rotatable bonds is 4. The maximum absolute atomic E-state index is 3.57. The predicted molar refractivity (Wildman–Crippen MR) is 90.0 cm³/mol. The van der Waals surface area contributed by atoms with Crippen LogP contribution in [0.3, 0.4) is 0 Å². The van der Waals surface area contributed by atoms with Crippen LogP contribution in [-0.2, 0) is 13.0 Å². The van der Waals surface area contributed by atoms with Crippen LogP contribution in [0.4, 0.5) is 5.69 Å². The Morgan fingerprint density at radius 3 is 2.56 bits per heavy atom. The van der Waals surface area contributed by atoms with Gasteiger partial charge in [-0.1, -0.05) is 31.2 Å². The number of aryl methyl sites for hydroxylation is 1. The molecule has 0 aliphatic rings. The van der Waals surface area contributed by atoms with Crippen LogP contribution in [0.1, 0.15) is 18.1 Å². The largest absolute Gasteiger partial charge is 0.380 e. The highest BCUT2D eigenvalue weighted by Crippen LogP contribution is 2.25. The first-order valence-corrected chi connectivity index (χ1v) is 7.83. The first-order chi connectivity index (χ1) is 8.70.